The largest absolute Gasteiger partial charge is 0.594 e. The minimum Gasteiger partial charge on any atom is -0.594 e. The van der Waals surface area contributed by atoms with E-state index in [0.29, 0.717) is 33.9 Å². The fraction of sp³-hybridized carbons (Fsp3) is 0.364. The number of hydrogen-bond donors (Lipinski definition) is 0. The third-order valence-corrected chi connectivity index (χ3v) is 2.47. The first-order chi connectivity index (χ1) is 7.65. The minimum absolute atomic E-state index is 0.430. The van der Waals surface area contributed by atoms with Gasteiger partial charge in [-0.3, -0.25) is 0 Å². The van der Waals surface area contributed by atoms with E-state index in [0.717, 1.165) is 5.56 Å². The number of benzene rings is 1. The molecular formula is C11H13N3O2. The second-order valence-electron chi connectivity index (χ2n) is 3.57. The Balaban J connectivity index is 2.75. The molecule has 0 aliphatic heterocycles. The molecule has 0 aliphatic carbocycles. The number of nitrogens with zero attached hydrogens (tertiary/aromatic N) is 3. The molecule has 1 aromatic carbocycles. The van der Waals surface area contributed by atoms with Crippen molar-refractivity contribution in [2.45, 2.75) is 20.3 Å². The summed E-state index contributed by atoms with van der Waals surface area (Å²) in [4.78, 5) is 4.90. The van der Waals surface area contributed by atoms with Gasteiger partial charge in [-0.05, 0) is 23.4 Å². The third-order valence-electron chi connectivity index (χ3n) is 2.47. The van der Waals surface area contributed by atoms with E-state index in [1.165, 1.54) is 0 Å². The van der Waals surface area contributed by atoms with Gasteiger partial charge in [0.2, 0.25) is 0 Å². The van der Waals surface area contributed by atoms with Gasteiger partial charge in [0.1, 0.15) is 11.3 Å². The maximum Gasteiger partial charge on any atom is 0.274 e. The summed E-state index contributed by atoms with van der Waals surface area (Å²) in [5, 5.41) is 15.5. The SMILES string of the molecule is CCc1nc2cc(C)c(OC)cc2[n+]([O-])n1. The summed E-state index contributed by atoms with van der Waals surface area (Å²) in [5.74, 6) is 1.22. The molecule has 1 heterocycles. The zero-order valence-corrected chi connectivity index (χ0v) is 9.52. The van der Waals surface area contributed by atoms with E-state index >= 15 is 0 Å². The first-order valence-corrected chi connectivity index (χ1v) is 5.10. The van der Waals surface area contributed by atoms with Gasteiger partial charge in [-0.25, -0.2) is 4.98 Å². The molecule has 0 amide bonds. The average Bonchev–Trinajstić information content (AvgIpc) is 2.28. The molecule has 5 heteroatoms. The fourth-order valence-electron chi connectivity index (χ4n) is 1.59. The van der Waals surface area contributed by atoms with E-state index < -0.39 is 0 Å². The van der Waals surface area contributed by atoms with Crippen LogP contribution in [0.15, 0.2) is 12.1 Å². The summed E-state index contributed by atoms with van der Waals surface area (Å²) >= 11 is 0. The van der Waals surface area contributed by atoms with Crippen molar-refractivity contribution < 1.29 is 9.58 Å². The number of rotatable bonds is 2. The molecule has 0 saturated heterocycles. The van der Waals surface area contributed by atoms with Crippen molar-refractivity contribution in [2.24, 2.45) is 0 Å². The maximum atomic E-state index is 11.6. The first kappa shape index (κ1) is 10.6. The summed E-state index contributed by atoms with van der Waals surface area (Å²) in [5.41, 5.74) is 2.04. The third kappa shape index (κ3) is 1.64. The Kier molecular flexibility index (Phi) is 2.60. The number of aryl methyl sites for hydroxylation is 2. The van der Waals surface area contributed by atoms with Gasteiger partial charge in [-0.1, -0.05) is 6.92 Å². The van der Waals surface area contributed by atoms with Gasteiger partial charge in [0.05, 0.1) is 13.2 Å². The summed E-state index contributed by atoms with van der Waals surface area (Å²) in [7, 11) is 1.57. The van der Waals surface area contributed by atoms with Crippen LogP contribution in [0, 0.1) is 12.1 Å². The molecule has 16 heavy (non-hydrogen) atoms. The lowest BCUT2D eigenvalue weighted by molar-refractivity contribution is -0.644. The zero-order chi connectivity index (χ0) is 11.7. The lowest BCUT2D eigenvalue weighted by Crippen LogP contribution is -2.34. The lowest BCUT2D eigenvalue weighted by Gasteiger charge is -2.06. The van der Waals surface area contributed by atoms with E-state index in [4.69, 9.17) is 4.74 Å². The molecule has 0 spiro atoms. The van der Waals surface area contributed by atoms with E-state index in [2.05, 4.69) is 10.1 Å². The van der Waals surface area contributed by atoms with Gasteiger partial charge < -0.3 is 9.94 Å². The molecule has 0 atom stereocenters. The standard InChI is InChI=1S/C11H13N3O2/c1-4-11-12-8-5-7(2)10(16-3)6-9(8)14(15)13-11/h5-6H,4H2,1-3H3. The lowest BCUT2D eigenvalue weighted by atomic mass is 10.2. The van der Waals surface area contributed by atoms with Crippen molar-refractivity contribution >= 4 is 11.0 Å². The highest BCUT2D eigenvalue weighted by Crippen LogP contribution is 2.21. The van der Waals surface area contributed by atoms with Crippen LogP contribution in [0.3, 0.4) is 0 Å². The van der Waals surface area contributed by atoms with Crippen molar-refractivity contribution in [1.82, 2.24) is 10.1 Å². The Hall–Kier alpha value is -1.91. The van der Waals surface area contributed by atoms with E-state index in [-0.39, 0.29) is 0 Å². The van der Waals surface area contributed by atoms with Gasteiger partial charge in [0.25, 0.3) is 5.52 Å². The molecule has 1 aromatic heterocycles. The summed E-state index contributed by atoms with van der Waals surface area (Å²) in [6.07, 6.45) is 0.642. The summed E-state index contributed by atoms with van der Waals surface area (Å²) < 4.78 is 5.16. The Labute approximate surface area is 93.3 Å². The monoisotopic (exact) mass is 219 g/mol. The van der Waals surface area contributed by atoms with Gasteiger partial charge in [0, 0.05) is 11.5 Å². The molecule has 0 radical (unpaired) electrons. The molecule has 2 rings (SSSR count). The molecule has 0 aliphatic rings. The van der Waals surface area contributed by atoms with Gasteiger partial charge in [0.15, 0.2) is 5.82 Å². The summed E-state index contributed by atoms with van der Waals surface area (Å²) in [6, 6.07) is 3.50. The van der Waals surface area contributed by atoms with Crippen LogP contribution >= 0.6 is 0 Å². The fourth-order valence-corrected chi connectivity index (χ4v) is 1.59. The highest BCUT2D eigenvalue weighted by Gasteiger charge is 2.12. The Bertz CT molecular complexity index is 540. The van der Waals surface area contributed by atoms with Crippen LogP contribution in [0.1, 0.15) is 18.3 Å². The molecule has 0 bridgehead atoms. The average molecular weight is 219 g/mol. The number of methoxy groups -OCH3 is 1. The van der Waals surface area contributed by atoms with Gasteiger partial charge >= 0.3 is 0 Å². The molecule has 0 unspecified atom stereocenters. The van der Waals surface area contributed by atoms with Crippen LogP contribution in [0.2, 0.25) is 0 Å². The Morgan fingerprint density at radius 3 is 2.81 bits per heavy atom. The van der Waals surface area contributed by atoms with Crippen LogP contribution in [-0.4, -0.2) is 17.2 Å². The van der Waals surface area contributed by atoms with Crippen molar-refractivity contribution in [3.63, 3.8) is 0 Å². The van der Waals surface area contributed by atoms with Crippen LogP contribution in [0.4, 0.5) is 0 Å². The number of hydrogen-bond acceptors (Lipinski definition) is 4. The Morgan fingerprint density at radius 1 is 1.44 bits per heavy atom. The summed E-state index contributed by atoms with van der Waals surface area (Å²) in [6.45, 7) is 3.83. The number of aromatic nitrogens is 3. The minimum atomic E-state index is 0.430. The molecule has 0 N–H and O–H groups in total. The van der Waals surface area contributed by atoms with Crippen LogP contribution in [0.5, 0.6) is 5.75 Å². The van der Waals surface area contributed by atoms with E-state index in [1.54, 1.807) is 13.2 Å². The van der Waals surface area contributed by atoms with E-state index in [1.807, 2.05) is 19.9 Å². The molecule has 5 nitrogen and oxygen atoms in total. The van der Waals surface area contributed by atoms with Crippen molar-refractivity contribution in [3.8, 4) is 5.75 Å². The molecular weight excluding hydrogens is 206 g/mol. The molecule has 0 fully saturated rings. The number of ether oxygens (including phenoxy) is 1. The smallest absolute Gasteiger partial charge is 0.274 e. The van der Waals surface area contributed by atoms with Crippen molar-refractivity contribution in [2.75, 3.05) is 7.11 Å². The highest BCUT2D eigenvalue weighted by molar-refractivity contribution is 5.74. The zero-order valence-electron chi connectivity index (χ0n) is 9.52. The predicted octanol–water partition coefficient (Wildman–Crippen LogP) is 1.14. The molecule has 0 saturated carbocycles. The van der Waals surface area contributed by atoms with Crippen LogP contribution in [-0.2, 0) is 6.42 Å². The second-order valence-corrected chi connectivity index (χ2v) is 3.57. The van der Waals surface area contributed by atoms with Crippen molar-refractivity contribution in [3.05, 3.63) is 28.7 Å². The topological polar surface area (TPSA) is 62.0 Å². The van der Waals surface area contributed by atoms with Crippen LogP contribution in [0.25, 0.3) is 11.0 Å². The van der Waals surface area contributed by atoms with Crippen LogP contribution < -0.4 is 9.58 Å². The second kappa shape index (κ2) is 3.92. The highest BCUT2D eigenvalue weighted by atomic mass is 16.5. The number of fused-ring (bicyclic) bond motifs is 1. The predicted molar refractivity (Wildman–Crippen MR) is 59.2 cm³/mol. The van der Waals surface area contributed by atoms with Crippen molar-refractivity contribution in [1.29, 1.82) is 0 Å². The Morgan fingerprint density at radius 2 is 2.19 bits per heavy atom. The van der Waals surface area contributed by atoms with Gasteiger partial charge in [-0.2, -0.15) is 0 Å². The maximum absolute atomic E-state index is 11.6. The quantitative estimate of drug-likeness (QED) is 0.561. The van der Waals surface area contributed by atoms with Gasteiger partial charge in [-0.15, -0.1) is 0 Å². The normalized spacial score (nSPS) is 10.7. The molecule has 2 aromatic rings. The first-order valence-electron chi connectivity index (χ1n) is 5.10. The van der Waals surface area contributed by atoms with E-state index in [9.17, 15) is 5.21 Å². The molecule has 84 valence electrons.